The fourth-order valence-corrected chi connectivity index (χ4v) is 6.38. The molecule has 30 nitrogen and oxygen atoms in total. The van der Waals surface area contributed by atoms with Gasteiger partial charge in [-0.2, -0.15) is 0 Å². The maximum absolute atomic E-state index is 13.0. The highest BCUT2D eigenvalue weighted by Gasteiger charge is 2.22. The van der Waals surface area contributed by atoms with Gasteiger partial charge in [0.25, 0.3) is 11.8 Å². The molecule has 0 aliphatic heterocycles. The number of hydrogen-bond donors (Lipinski definition) is 14. The molecule has 2 unspecified atom stereocenters. The summed E-state index contributed by atoms with van der Waals surface area (Å²) in [4.78, 5) is 82.4. The van der Waals surface area contributed by atoms with E-state index in [1.807, 2.05) is 0 Å². The van der Waals surface area contributed by atoms with E-state index < -0.39 is 35.7 Å². The Morgan fingerprint density at radius 1 is 0.520 bits per heavy atom. The third-order valence-corrected chi connectivity index (χ3v) is 10.2. The lowest BCUT2D eigenvalue weighted by Crippen LogP contribution is -2.39. The Labute approximate surface area is 439 Å². The van der Waals surface area contributed by atoms with Crippen LogP contribution in [0.2, 0.25) is 10.3 Å². The SMILES string of the molecule is NC(N)=NC(CCCC(N=C(N)N)C(=O)NCCOCCOc1ccc(CN=C(N)NC(=O)c2nc(Cl)c(N)nc2N)cc1)C(=O)NCCOCCOc1ccc(CN=C(N)NC(=O)c2nc(Cl)c(N)nc2N)cc1. The second-order valence-electron chi connectivity index (χ2n) is 15.4. The minimum absolute atomic E-state index is 0.115. The molecule has 0 aliphatic rings. The number of aromatic nitrogens is 4. The van der Waals surface area contributed by atoms with E-state index >= 15 is 0 Å². The lowest BCUT2D eigenvalue weighted by molar-refractivity contribution is -0.122. The number of anilines is 4. The van der Waals surface area contributed by atoms with Crippen molar-refractivity contribution in [1.29, 1.82) is 0 Å². The number of nitrogens with zero attached hydrogens (tertiary/aromatic N) is 8. The number of carbonyl (C=O) groups excluding carboxylic acids is 4. The van der Waals surface area contributed by atoms with Crippen molar-refractivity contribution in [3.05, 3.63) is 81.4 Å². The highest BCUT2D eigenvalue weighted by atomic mass is 35.5. The maximum atomic E-state index is 13.0. The molecule has 4 rings (SSSR count). The van der Waals surface area contributed by atoms with Crippen LogP contribution in [0, 0.1) is 0 Å². The number of halogens is 2. The highest BCUT2D eigenvalue weighted by Crippen LogP contribution is 2.19. The quantitative estimate of drug-likeness (QED) is 0.0160. The number of ether oxygens (including phenoxy) is 4. The van der Waals surface area contributed by atoms with Gasteiger partial charge in [-0.3, -0.25) is 29.8 Å². The monoisotopic (exact) mass is 1080 g/mol. The molecule has 2 atom stereocenters. The fraction of sp³-hybridized carbons (Fsp3) is 0.349. The van der Waals surface area contributed by atoms with E-state index in [9.17, 15) is 19.2 Å². The number of nitrogen functional groups attached to an aromatic ring is 4. The van der Waals surface area contributed by atoms with Gasteiger partial charge in [-0.1, -0.05) is 47.5 Å². The van der Waals surface area contributed by atoms with Gasteiger partial charge in [-0.05, 0) is 54.7 Å². The molecule has 24 N–H and O–H groups in total. The number of hydrogen-bond acceptors (Lipinski definition) is 20. The van der Waals surface area contributed by atoms with Crippen molar-refractivity contribution in [3.63, 3.8) is 0 Å². The largest absolute Gasteiger partial charge is 0.491 e. The van der Waals surface area contributed by atoms with Crippen LogP contribution in [0.3, 0.4) is 0 Å². The van der Waals surface area contributed by atoms with Gasteiger partial charge in [0.05, 0.1) is 39.5 Å². The zero-order chi connectivity index (χ0) is 54.9. The van der Waals surface area contributed by atoms with Crippen molar-refractivity contribution in [1.82, 2.24) is 41.2 Å². The van der Waals surface area contributed by atoms with Crippen LogP contribution in [0.25, 0.3) is 0 Å². The standard InChI is InChI=1S/C43H60Cl2N22O8/c44-30-34(48)64-32(46)28(62-30)38(70)66-42(54)58-20-22-4-8-24(9-5-22)74-18-16-72-14-12-56-36(68)26(60-40(50)51)2-1-3-27(61-41(52)53)37(69)57-13-15-73-17-19-75-25-10-6-23(7-11-25)21-59-43(55)67-39(71)29-33(47)65-35(49)31(45)63-29/h4-11,26-27H,1-3,12-21H2,(H,56,68)(H,57,69)(H4,46,48,64)(H4,47,49,65)(H4,50,51,60)(H4,52,53,61)(H3,54,58,66,70)(H3,55,59,67,71). The van der Waals surface area contributed by atoms with Gasteiger partial charge in [0.1, 0.15) is 36.8 Å². The molecule has 404 valence electrons. The summed E-state index contributed by atoms with van der Waals surface area (Å²) >= 11 is 11.7. The number of nitrogens with one attached hydrogen (secondary N) is 4. The Morgan fingerprint density at radius 3 is 1.25 bits per heavy atom. The van der Waals surface area contributed by atoms with E-state index in [1.54, 1.807) is 48.5 Å². The molecule has 0 saturated carbocycles. The summed E-state index contributed by atoms with van der Waals surface area (Å²) in [5.41, 5.74) is 57.6. The normalized spacial score (nSPS) is 12.1. The average Bonchev–Trinajstić information content (AvgIpc) is 3.36. The first kappa shape index (κ1) is 58.8. The van der Waals surface area contributed by atoms with Gasteiger partial charge in [-0.25, -0.2) is 39.9 Å². The lowest BCUT2D eigenvalue weighted by atomic mass is 10.0. The van der Waals surface area contributed by atoms with E-state index in [2.05, 4.69) is 61.2 Å². The Hall–Kier alpha value is -8.74. The molecule has 2 aromatic heterocycles. The first-order valence-corrected chi connectivity index (χ1v) is 23.3. The molecule has 0 fully saturated rings. The van der Waals surface area contributed by atoms with Crippen LogP contribution in [0.15, 0.2) is 68.5 Å². The Bertz CT molecular complexity index is 2510. The molecule has 2 aromatic carbocycles. The first-order chi connectivity index (χ1) is 35.8. The summed E-state index contributed by atoms with van der Waals surface area (Å²) in [7, 11) is 0. The van der Waals surface area contributed by atoms with Crippen LogP contribution < -0.4 is 88.1 Å². The van der Waals surface area contributed by atoms with Gasteiger partial charge < -0.3 is 86.9 Å². The second kappa shape index (κ2) is 30.3. The van der Waals surface area contributed by atoms with Crippen LogP contribution in [0.4, 0.5) is 23.3 Å². The topological polar surface area (TPSA) is 515 Å². The van der Waals surface area contributed by atoms with Crippen LogP contribution in [-0.2, 0) is 32.2 Å². The van der Waals surface area contributed by atoms with Crippen molar-refractivity contribution in [3.8, 4) is 11.5 Å². The van der Waals surface area contributed by atoms with E-state index in [1.165, 1.54) is 0 Å². The molecular weight excluding hydrogens is 1020 g/mol. The van der Waals surface area contributed by atoms with Crippen molar-refractivity contribution in [2.75, 3.05) is 75.7 Å². The van der Waals surface area contributed by atoms with Crippen LogP contribution in [0.1, 0.15) is 51.4 Å². The van der Waals surface area contributed by atoms with Crippen LogP contribution in [-0.4, -0.2) is 132 Å². The molecular formula is C43H60Cl2N22O8. The number of aliphatic imine (C=N–C) groups is 4. The summed E-state index contributed by atoms with van der Waals surface area (Å²) in [6.45, 7) is 1.79. The Balaban J connectivity index is 1.07. The van der Waals surface area contributed by atoms with E-state index in [-0.39, 0.29) is 147 Å². The van der Waals surface area contributed by atoms with Gasteiger partial charge in [-0.15, -0.1) is 0 Å². The van der Waals surface area contributed by atoms with E-state index in [4.69, 9.17) is 99.5 Å². The third-order valence-electron chi connectivity index (χ3n) is 9.69. The van der Waals surface area contributed by atoms with Crippen LogP contribution in [0.5, 0.6) is 11.5 Å². The number of guanidine groups is 4. The van der Waals surface area contributed by atoms with Crippen molar-refractivity contribution in [2.45, 2.75) is 44.4 Å². The summed E-state index contributed by atoms with van der Waals surface area (Å²) in [6.07, 6.45) is 0.643. The summed E-state index contributed by atoms with van der Waals surface area (Å²) < 4.78 is 22.6. The maximum Gasteiger partial charge on any atom is 0.280 e. The molecule has 32 heteroatoms. The number of benzene rings is 2. The van der Waals surface area contributed by atoms with Gasteiger partial charge in [0.2, 0.25) is 11.8 Å². The van der Waals surface area contributed by atoms with Gasteiger partial charge in [0, 0.05) is 13.1 Å². The molecule has 0 radical (unpaired) electrons. The predicted molar refractivity (Wildman–Crippen MR) is 282 cm³/mol. The Kier molecular flexibility index (Phi) is 23.8. The minimum atomic E-state index is -0.957. The average molecular weight is 1080 g/mol. The molecule has 0 aliphatic carbocycles. The number of carbonyl (C=O) groups is 4. The van der Waals surface area contributed by atoms with Gasteiger partial charge >= 0.3 is 0 Å². The summed E-state index contributed by atoms with van der Waals surface area (Å²) in [5.74, 6) is -2.89. The van der Waals surface area contributed by atoms with E-state index in [0.717, 1.165) is 11.1 Å². The van der Waals surface area contributed by atoms with Crippen molar-refractivity contribution >= 4 is 93.9 Å². The minimum Gasteiger partial charge on any atom is -0.491 e. The molecule has 0 saturated heterocycles. The zero-order valence-corrected chi connectivity index (χ0v) is 41.9. The molecule has 4 amide bonds. The number of rotatable bonds is 28. The van der Waals surface area contributed by atoms with Gasteiger partial charge in [0.15, 0.2) is 68.8 Å². The van der Waals surface area contributed by atoms with E-state index in [0.29, 0.717) is 17.9 Å². The second-order valence-corrected chi connectivity index (χ2v) is 16.2. The summed E-state index contributed by atoms with van der Waals surface area (Å²) in [6, 6.07) is 12.1. The molecule has 0 bridgehead atoms. The molecule has 75 heavy (non-hydrogen) atoms. The fourth-order valence-electron chi connectivity index (χ4n) is 6.12. The Morgan fingerprint density at radius 2 is 0.893 bits per heavy atom. The zero-order valence-electron chi connectivity index (χ0n) is 40.3. The summed E-state index contributed by atoms with van der Waals surface area (Å²) in [5, 5.41) is 9.84. The predicted octanol–water partition coefficient (Wildman–Crippen LogP) is -2.43. The number of nitrogens with two attached hydrogens (primary N) is 10. The van der Waals surface area contributed by atoms with Crippen molar-refractivity contribution < 1.29 is 38.1 Å². The molecule has 2 heterocycles. The highest BCUT2D eigenvalue weighted by molar-refractivity contribution is 6.32. The third kappa shape index (κ3) is 21.1. The molecule has 0 spiro atoms. The molecule has 4 aromatic rings. The smallest absolute Gasteiger partial charge is 0.280 e. The number of amides is 4. The lowest BCUT2D eigenvalue weighted by Gasteiger charge is -2.16. The first-order valence-electron chi connectivity index (χ1n) is 22.5. The van der Waals surface area contributed by atoms with Crippen LogP contribution >= 0.6 is 23.2 Å². The van der Waals surface area contributed by atoms with Crippen molar-refractivity contribution in [2.24, 2.45) is 54.4 Å².